The highest BCUT2D eigenvalue weighted by Gasteiger charge is 2.05. The number of imidazole rings is 1. The van der Waals surface area contributed by atoms with Gasteiger partial charge in [0.2, 0.25) is 0 Å². The van der Waals surface area contributed by atoms with Gasteiger partial charge in [0.1, 0.15) is 6.33 Å². The summed E-state index contributed by atoms with van der Waals surface area (Å²) in [5.41, 5.74) is 2.26. The van der Waals surface area contributed by atoms with Gasteiger partial charge in [0.15, 0.2) is 11.2 Å². The van der Waals surface area contributed by atoms with Crippen LogP contribution in [0.2, 0.25) is 0 Å². The van der Waals surface area contributed by atoms with Gasteiger partial charge in [-0.05, 0) is 0 Å². The molecule has 3 N–H and O–H groups in total. The van der Waals surface area contributed by atoms with E-state index in [9.17, 15) is 9.59 Å². The fourth-order valence-electron chi connectivity index (χ4n) is 1.10. The number of nitrogens with zero attached hydrogens (tertiary/aromatic N) is 2. The molecule has 0 fully saturated rings. The van der Waals surface area contributed by atoms with Crippen LogP contribution in [0.15, 0.2) is 15.9 Å². The third-order valence-corrected chi connectivity index (χ3v) is 1.68. The van der Waals surface area contributed by atoms with Crippen molar-refractivity contribution < 1.29 is 0 Å². The molecule has 0 aliphatic heterocycles. The van der Waals surface area contributed by atoms with E-state index in [1.54, 1.807) is 7.05 Å². The van der Waals surface area contributed by atoms with E-state index in [-0.39, 0.29) is 5.52 Å². The molecular formula is C6H7N5O2. The van der Waals surface area contributed by atoms with Gasteiger partial charge in [-0.1, -0.05) is 0 Å². The fraction of sp³-hybridized carbons (Fsp3) is 0.167. The lowest BCUT2D eigenvalue weighted by Crippen LogP contribution is -2.23. The molecule has 7 nitrogen and oxygen atoms in total. The SMILES string of the molecule is CNn1cnc2c(=O)[nH]c(=O)[nH]c21. The second kappa shape index (κ2) is 2.47. The van der Waals surface area contributed by atoms with Crippen molar-refractivity contribution in [3.63, 3.8) is 0 Å². The Morgan fingerprint density at radius 3 is 2.92 bits per heavy atom. The predicted molar refractivity (Wildman–Crippen MR) is 46.3 cm³/mol. The van der Waals surface area contributed by atoms with Crippen molar-refractivity contribution in [2.24, 2.45) is 0 Å². The van der Waals surface area contributed by atoms with Crippen molar-refractivity contribution in [3.8, 4) is 0 Å². The summed E-state index contributed by atoms with van der Waals surface area (Å²) < 4.78 is 1.45. The van der Waals surface area contributed by atoms with Gasteiger partial charge in [-0.2, -0.15) is 0 Å². The highest BCUT2D eigenvalue weighted by Crippen LogP contribution is 1.98. The van der Waals surface area contributed by atoms with Gasteiger partial charge >= 0.3 is 5.69 Å². The van der Waals surface area contributed by atoms with E-state index in [2.05, 4.69) is 20.4 Å². The Morgan fingerprint density at radius 1 is 1.46 bits per heavy atom. The van der Waals surface area contributed by atoms with Crippen molar-refractivity contribution in [1.82, 2.24) is 19.6 Å². The maximum atomic E-state index is 11.1. The molecule has 2 aromatic heterocycles. The average Bonchev–Trinajstić information content (AvgIpc) is 2.47. The zero-order valence-electron chi connectivity index (χ0n) is 6.79. The molecule has 0 aromatic carbocycles. The van der Waals surface area contributed by atoms with Gasteiger partial charge in [-0.3, -0.25) is 14.8 Å². The zero-order chi connectivity index (χ0) is 9.42. The van der Waals surface area contributed by atoms with E-state index in [4.69, 9.17) is 0 Å². The molecule has 2 rings (SSSR count). The molecule has 0 radical (unpaired) electrons. The first-order chi connectivity index (χ1) is 6.22. The Hall–Kier alpha value is -2.05. The lowest BCUT2D eigenvalue weighted by molar-refractivity contribution is 0.928. The van der Waals surface area contributed by atoms with E-state index in [1.165, 1.54) is 11.0 Å². The van der Waals surface area contributed by atoms with Crippen molar-refractivity contribution in [2.75, 3.05) is 12.5 Å². The van der Waals surface area contributed by atoms with Crippen LogP contribution < -0.4 is 16.7 Å². The number of nitrogens with one attached hydrogen (secondary N) is 3. The van der Waals surface area contributed by atoms with Gasteiger partial charge in [-0.15, -0.1) is 0 Å². The largest absolute Gasteiger partial charge is 0.327 e. The Morgan fingerprint density at radius 2 is 2.23 bits per heavy atom. The summed E-state index contributed by atoms with van der Waals surface area (Å²) in [6, 6.07) is 0. The molecule has 0 unspecified atom stereocenters. The van der Waals surface area contributed by atoms with E-state index >= 15 is 0 Å². The second-order valence-corrected chi connectivity index (χ2v) is 2.44. The number of aromatic nitrogens is 4. The van der Waals surface area contributed by atoms with Crippen LogP contribution >= 0.6 is 0 Å². The summed E-state index contributed by atoms with van der Waals surface area (Å²) in [7, 11) is 1.65. The van der Waals surface area contributed by atoms with Crippen molar-refractivity contribution >= 4 is 11.2 Å². The molecule has 0 bridgehead atoms. The molecule has 0 amide bonds. The van der Waals surface area contributed by atoms with Gasteiger partial charge in [0.05, 0.1) is 0 Å². The fourth-order valence-corrected chi connectivity index (χ4v) is 1.10. The zero-order valence-corrected chi connectivity index (χ0v) is 6.79. The van der Waals surface area contributed by atoms with Crippen LogP contribution in [0.4, 0.5) is 0 Å². The molecule has 13 heavy (non-hydrogen) atoms. The van der Waals surface area contributed by atoms with Gasteiger partial charge < -0.3 is 5.43 Å². The molecule has 0 atom stereocenters. The Bertz CT molecular complexity index is 548. The maximum Gasteiger partial charge on any atom is 0.327 e. The highest BCUT2D eigenvalue weighted by atomic mass is 16.2. The molecule has 0 aliphatic rings. The first-order valence-corrected chi connectivity index (χ1v) is 3.60. The number of H-pyrrole nitrogens is 2. The topological polar surface area (TPSA) is 95.6 Å². The Kier molecular flexibility index (Phi) is 1.44. The normalized spacial score (nSPS) is 10.5. The molecule has 0 aliphatic carbocycles. The van der Waals surface area contributed by atoms with Crippen LogP contribution in [0.1, 0.15) is 0 Å². The van der Waals surface area contributed by atoms with Crippen LogP contribution in [0.25, 0.3) is 11.2 Å². The highest BCUT2D eigenvalue weighted by molar-refractivity contribution is 5.68. The molecular weight excluding hydrogens is 174 g/mol. The number of hydrogen-bond acceptors (Lipinski definition) is 4. The molecule has 68 valence electrons. The summed E-state index contributed by atoms with van der Waals surface area (Å²) >= 11 is 0. The van der Waals surface area contributed by atoms with E-state index < -0.39 is 11.2 Å². The standard InChI is InChI=1S/C6H7N5O2/c1-7-11-2-8-3-4(11)9-6(13)10-5(3)12/h2,7H,1H3,(H2,9,10,12,13). The number of aromatic amines is 2. The predicted octanol–water partition coefficient (Wildman–Crippen LogP) is -1.41. The van der Waals surface area contributed by atoms with Crippen LogP contribution in [0.5, 0.6) is 0 Å². The maximum absolute atomic E-state index is 11.1. The number of fused-ring (bicyclic) bond motifs is 1. The monoisotopic (exact) mass is 181 g/mol. The number of hydrogen-bond donors (Lipinski definition) is 3. The summed E-state index contributed by atoms with van der Waals surface area (Å²) in [4.78, 5) is 30.4. The third kappa shape index (κ3) is 1.01. The number of rotatable bonds is 1. The minimum absolute atomic E-state index is 0.203. The first kappa shape index (κ1) is 7.59. The van der Waals surface area contributed by atoms with Crippen LogP contribution in [-0.4, -0.2) is 26.7 Å². The summed E-state index contributed by atoms with van der Waals surface area (Å²) in [5.74, 6) is 0. The van der Waals surface area contributed by atoms with Gasteiger partial charge in [0, 0.05) is 7.05 Å². The molecule has 7 heteroatoms. The quantitative estimate of drug-likeness (QED) is 0.503. The third-order valence-electron chi connectivity index (χ3n) is 1.68. The van der Waals surface area contributed by atoms with Crippen LogP contribution in [-0.2, 0) is 0 Å². The molecule has 0 saturated carbocycles. The molecule has 0 spiro atoms. The van der Waals surface area contributed by atoms with Crippen molar-refractivity contribution in [3.05, 3.63) is 27.2 Å². The molecule has 2 aromatic rings. The smallest absolute Gasteiger partial charge is 0.326 e. The summed E-state index contributed by atoms with van der Waals surface area (Å²) in [5, 5.41) is 0. The van der Waals surface area contributed by atoms with Crippen molar-refractivity contribution in [1.29, 1.82) is 0 Å². The molecule has 2 heterocycles. The second-order valence-electron chi connectivity index (χ2n) is 2.44. The van der Waals surface area contributed by atoms with Crippen molar-refractivity contribution in [2.45, 2.75) is 0 Å². The van der Waals surface area contributed by atoms with E-state index in [0.717, 1.165) is 0 Å². The van der Waals surface area contributed by atoms with E-state index in [1.807, 2.05) is 0 Å². The first-order valence-electron chi connectivity index (χ1n) is 3.60. The summed E-state index contributed by atoms with van der Waals surface area (Å²) in [6.45, 7) is 0. The lowest BCUT2D eigenvalue weighted by Gasteiger charge is -1.98. The Balaban J connectivity index is 2.98. The van der Waals surface area contributed by atoms with E-state index in [0.29, 0.717) is 5.65 Å². The van der Waals surface area contributed by atoms with Crippen LogP contribution in [0, 0.1) is 0 Å². The van der Waals surface area contributed by atoms with Gasteiger partial charge in [0.25, 0.3) is 5.56 Å². The summed E-state index contributed by atoms with van der Waals surface area (Å²) in [6.07, 6.45) is 1.41. The Labute approximate surface area is 71.4 Å². The van der Waals surface area contributed by atoms with Crippen LogP contribution in [0.3, 0.4) is 0 Å². The minimum Gasteiger partial charge on any atom is -0.326 e. The minimum atomic E-state index is -0.547. The van der Waals surface area contributed by atoms with Gasteiger partial charge in [-0.25, -0.2) is 14.5 Å². The average molecular weight is 181 g/mol. The lowest BCUT2D eigenvalue weighted by atomic mass is 10.5. The molecule has 0 saturated heterocycles.